The van der Waals surface area contributed by atoms with Crippen molar-refractivity contribution >= 4 is 23.5 Å². The number of primary amides is 1. The van der Waals surface area contributed by atoms with Crippen molar-refractivity contribution in [3.05, 3.63) is 52.6 Å². The molecule has 4 rings (SSSR count). The number of aromatic carboxylic acids is 1. The zero-order chi connectivity index (χ0) is 19.3. The van der Waals surface area contributed by atoms with Crippen molar-refractivity contribution in [1.82, 2.24) is 14.9 Å². The van der Waals surface area contributed by atoms with Gasteiger partial charge in [-0.3, -0.25) is 4.79 Å². The molecule has 0 radical (unpaired) electrons. The van der Waals surface area contributed by atoms with Crippen LogP contribution in [0.5, 0.6) is 0 Å². The molecule has 2 aromatic rings. The lowest BCUT2D eigenvalue weighted by Crippen LogP contribution is -2.32. The van der Waals surface area contributed by atoms with Crippen molar-refractivity contribution in [2.45, 2.75) is 11.8 Å². The Kier molecular flexibility index (Phi) is 4.44. The van der Waals surface area contributed by atoms with E-state index < -0.39 is 17.8 Å². The summed E-state index contributed by atoms with van der Waals surface area (Å²) in [5, 5.41) is 13.3. The SMILES string of the molecule is Cn1cc(C(=O)O)nc1C(C(C(N)=O)c1ccc(Cl)cc1)C1C2CNCC21. The predicted octanol–water partition coefficient (Wildman–Crippen LogP) is 1.59. The zero-order valence-corrected chi connectivity index (χ0v) is 15.6. The molecule has 1 amide bonds. The summed E-state index contributed by atoms with van der Waals surface area (Å²) in [4.78, 5) is 28.3. The number of fused-ring (bicyclic) bond motifs is 1. The minimum absolute atomic E-state index is 0.0271. The molecule has 2 fully saturated rings. The summed E-state index contributed by atoms with van der Waals surface area (Å²) in [7, 11) is 1.76. The Balaban J connectivity index is 1.80. The van der Waals surface area contributed by atoms with Gasteiger partial charge in [-0.05, 0) is 48.5 Å². The van der Waals surface area contributed by atoms with E-state index in [0.717, 1.165) is 18.7 Å². The summed E-state index contributed by atoms with van der Waals surface area (Å²) in [6, 6.07) is 7.09. The average Bonchev–Trinajstić information content (AvgIpc) is 2.96. The number of piperidine rings is 1. The number of hydrogen-bond acceptors (Lipinski definition) is 4. The molecule has 1 aromatic carbocycles. The molecule has 4 unspecified atom stereocenters. The Bertz CT molecular complexity index is 885. The van der Waals surface area contributed by atoms with Gasteiger partial charge in [-0.25, -0.2) is 9.78 Å². The number of rotatable bonds is 6. The van der Waals surface area contributed by atoms with E-state index in [1.165, 1.54) is 6.20 Å². The first-order valence-corrected chi connectivity index (χ1v) is 9.28. The first-order valence-electron chi connectivity index (χ1n) is 8.90. The molecular weight excluding hydrogens is 368 g/mol. The van der Waals surface area contributed by atoms with Crippen LogP contribution in [0.3, 0.4) is 0 Å². The number of halogens is 1. The van der Waals surface area contributed by atoms with Crippen molar-refractivity contribution in [1.29, 1.82) is 0 Å². The second-order valence-electron chi connectivity index (χ2n) is 7.42. The van der Waals surface area contributed by atoms with Crippen molar-refractivity contribution in [2.75, 3.05) is 13.1 Å². The molecule has 1 aromatic heterocycles. The van der Waals surface area contributed by atoms with Crippen LogP contribution in [0.4, 0.5) is 0 Å². The molecule has 4 N–H and O–H groups in total. The second kappa shape index (κ2) is 6.65. The zero-order valence-electron chi connectivity index (χ0n) is 14.8. The van der Waals surface area contributed by atoms with Crippen molar-refractivity contribution < 1.29 is 14.7 Å². The summed E-state index contributed by atoms with van der Waals surface area (Å²) in [6.07, 6.45) is 1.49. The van der Waals surface area contributed by atoms with E-state index in [4.69, 9.17) is 17.3 Å². The first kappa shape index (κ1) is 18.0. The number of hydrogen-bond donors (Lipinski definition) is 3. The fourth-order valence-electron chi connectivity index (χ4n) is 4.65. The van der Waals surface area contributed by atoms with E-state index in [1.807, 2.05) is 12.1 Å². The Labute approximate surface area is 161 Å². The maximum absolute atomic E-state index is 12.5. The number of benzene rings is 1. The summed E-state index contributed by atoms with van der Waals surface area (Å²) < 4.78 is 1.71. The van der Waals surface area contributed by atoms with Gasteiger partial charge in [0.1, 0.15) is 5.82 Å². The normalized spacial score (nSPS) is 25.6. The van der Waals surface area contributed by atoms with E-state index in [9.17, 15) is 14.7 Å². The minimum atomic E-state index is -1.09. The van der Waals surface area contributed by atoms with Crippen LogP contribution in [0, 0.1) is 17.8 Å². The fraction of sp³-hybridized carbons (Fsp3) is 0.421. The standard InChI is InChI=1S/C19H21ClN4O3/c1-24-8-13(19(26)27)23-18(24)16(15-11-6-22-7-12(11)15)14(17(21)25)9-2-4-10(20)5-3-9/h2-5,8,11-12,14-16,22H,6-7H2,1H3,(H2,21,25)(H,26,27). The molecule has 1 aliphatic carbocycles. The third kappa shape index (κ3) is 3.11. The average molecular weight is 389 g/mol. The number of aromatic nitrogens is 2. The minimum Gasteiger partial charge on any atom is -0.476 e. The molecule has 1 saturated carbocycles. The molecule has 1 aliphatic heterocycles. The maximum Gasteiger partial charge on any atom is 0.356 e. The third-order valence-corrected chi connectivity index (χ3v) is 6.15. The fourth-order valence-corrected chi connectivity index (χ4v) is 4.78. The van der Waals surface area contributed by atoms with Gasteiger partial charge in [0.2, 0.25) is 5.91 Å². The lowest BCUT2D eigenvalue weighted by Gasteiger charge is -2.27. The number of carboxylic acids is 1. The number of nitrogens with two attached hydrogens (primary N) is 1. The van der Waals surface area contributed by atoms with Crippen molar-refractivity contribution in [3.8, 4) is 0 Å². The largest absolute Gasteiger partial charge is 0.476 e. The van der Waals surface area contributed by atoms with Crippen LogP contribution in [0.25, 0.3) is 0 Å². The number of aryl methyl sites for hydroxylation is 1. The van der Waals surface area contributed by atoms with Gasteiger partial charge in [0.05, 0.1) is 5.92 Å². The highest BCUT2D eigenvalue weighted by Gasteiger charge is 2.59. The van der Waals surface area contributed by atoms with Crippen LogP contribution >= 0.6 is 11.6 Å². The molecular formula is C19H21ClN4O3. The molecule has 142 valence electrons. The van der Waals surface area contributed by atoms with Gasteiger partial charge in [-0.1, -0.05) is 23.7 Å². The molecule has 27 heavy (non-hydrogen) atoms. The number of carboxylic acid groups (broad SMARTS) is 1. The Morgan fingerprint density at radius 3 is 2.44 bits per heavy atom. The van der Waals surface area contributed by atoms with Gasteiger partial charge < -0.3 is 20.7 Å². The molecule has 8 heteroatoms. The number of amides is 1. The van der Waals surface area contributed by atoms with Gasteiger partial charge in [0.15, 0.2) is 5.69 Å². The third-order valence-electron chi connectivity index (χ3n) is 5.90. The molecule has 0 spiro atoms. The number of carbonyl (C=O) groups is 2. The Morgan fingerprint density at radius 2 is 1.93 bits per heavy atom. The van der Waals surface area contributed by atoms with Crippen LogP contribution < -0.4 is 11.1 Å². The van der Waals surface area contributed by atoms with E-state index in [-0.39, 0.29) is 17.5 Å². The van der Waals surface area contributed by atoms with E-state index >= 15 is 0 Å². The van der Waals surface area contributed by atoms with Gasteiger partial charge in [-0.15, -0.1) is 0 Å². The van der Waals surface area contributed by atoms with Crippen LogP contribution in [-0.2, 0) is 11.8 Å². The molecule has 4 atom stereocenters. The Hall–Kier alpha value is -2.38. The van der Waals surface area contributed by atoms with Crippen LogP contribution in [0.2, 0.25) is 5.02 Å². The number of nitrogens with one attached hydrogen (secondary N) is 1. The number of imidazole rings is 1. The quantitative estimate of drug-likeness (QED) is 0.696. The summed E-state index contributed by atoms with van der Waals surface area (Å²) in [6.45, 7) is 1.79. The highest BCUT2D eigenvalue weighted by Crippen LogP contribution is 2.59. The van der Waals surface area contributed by atoms with E-state index in [2.05, 4.69) is 10.3 Å². The maximum atomic E-state index is 12.5. The predicted molar refractivity (Wildman–Crippen MR) is 99.6 cm³/mol. The molecule has 7 nitrogen and oxygen atoms in total. The molecule has 2 aliphatic rings. The number of carbonyl (C=O) groups excluding carboxylic acids is 1. The monoisotopic (exact) mass is 388 g/mol. The van der Waals surface area contributed by atoms with Gasteiger partial charge in [0.25, 0.3) is 0 Å². The van der Waals surface area contributed by atoms with Gasteiger partial charge >= 0.3 is 5.97 Å². The number of nitrogens with zero attached hydrogens (tertiary/aromatic N) is 2. The highest BCUT2D eigenvalue weighted by atomic mass is 35.5. The lowest BCUT2D eigenvalue weighted by atomic mass is 9.80. The summed E-state index contributed by atoms with van der Waals surface area (Å²) >= 11 is 6.00. The van der Waals surface area contributed by atoms with Crippen LogP contribution in [-0.4, -0.2) is 39.6 Å². The van der Waals surface area contributed by atoms with E-state index in [1.54, 1.807) is 23.7 Å². The molecule has 0 bridgehead atoms. The van der Waals surface area contributed by atoms with E-state index in [0.29, 0.717) is 22.7 Å². The van der Waals surface area contributed by atoms with Crippen LogP contribution in [0.1, 0.15) is 33.7 Å². The molecule has 2 heterocycles. The first-order chi connectivity index (χ1) is 12.9. The summed E-state index contributed by atoms with van der Waals surface area (Å²) in [5.41, 5.74) is 6.58. The lowest BCUT2D eigenvalue weighted by molar-refractivity contribution is -0.120. The smallest absolute Gasteiger partial charge is 0.356 e. The van der Waals surface area contributed by atoms with Crippen LogP contribution in [0.15, 0.2) is 30.5 Å². The van der Waals surface area contributed by atoms with Crippen molar-refractivity contribution in [3.63, 3.8) is 0 Å². The second-order valence-corrected chi connectivity index (χ2v) is 7.86. The van der Waals surface area contributed by atoms with Crippen molar-refractivity contribution in [2.24, 2.45) is 30.5 Å². The van der Waals surface area contributed by atoms with Gasteiger partial charge in [0, 0.05) is 24.2 Å². The van der Waals surface area contributed by atoms with Gasteiger partial charge in [-0.2, -0.15) is 0 Å². The topological polar surface area (TPSA) is 110 Å². The Morgan fingerprint density at radius 1 is 1.30 bits per heavy atom. The molecule has 1 saturated heterocycles. The summed E-state index contributed by atoms with van der Waals surface area (Å²) in [5.74, 6) is -0.675. The highest BCUT2D eigenvalue weighted by molar-refractivity contribution is 6.30.